The van der Waals surface area contributed by atoms with Crippen molar-refractivity contribution in [1.29, 1.82) is 0 Å². The lowest BCUT2D eigenvalue weighted by atomic mass is 9.93. The van der Waals surface area contributed by atoms with Gasteiger partial charge in [-0.05, 0) is 56.2 Å². The fourth-order valence-corrected chi connectivity index (χ4v) is 3.77. The van der Waals surface area contributed by atoms with Crippen molar-refractivity contribution in [3.63, 3.8) is 0 Å². The first-order valence-electron chi connectivity index (χ1n) is 10.8. The number of hydrogen-bond acceptors (Lipinski definition) is 8. The first-order chi connectivity index (χ1) is 16.9. The van der Waals surface area contributed by atoms with Crippen molar-refractivity contribution < 1.29 is 23.7 Å². The zero-order chi connectivity index (χ0) is 24.9. The van der Waals surface area contributed by atoms with Gasteiger partial charge in [-0.1, -0.05) is 0 Å². The van der Waals surface area contributed by atoms with Crippen molar-refractivity contribution in [1.82, 2.24) is 10.9 Å². The molecule has 1 aromatic heterocycles. The number of hydrazine groups is 1. The quantitative estimate of drug-likeness (QED) is 0.362. The van der Waals surface area contributed by atoms with E-state index in [0.717, 1.165) is 12.0 Å². The molecule has 0 radical (unpaired) electrons. The Morgan fingerprint density at radius 2 is 1.71 bits per heavy atom. The van der Waals surface area contributed by atoms with Crippen molar-refractivity contribution in [2.24, 2.45) is 5.10 Å². The molecular weight excluding hydrogens is 454 g/mol. The van der Waals surface area contributed by atoms with Gasteiger partial charge in [0.25, 0.3) is 11.6 Å². The number of methoxy groups -OCH3 is 1. The van der Waals surface area contributed by atoms with Crippen LogP contribution in [0.1, 0.15) is 50.6 Å². The molecule has 1 aliphatic carbocycles. The van der Waals surface area contributed by atoms with E-state index in [4.69, 9.17) is 9.15 Å². The van der Waals surface area contributed by atoms with Gasteiger partial charge in [-0.2, -0.15) is 5.10 Å². The number of hydrogen-bond donors (Lipinski definition) is 3. The van der Waals surface area contributed by atoms with Gasteiger partial charge in [0.1, 0.15) is 11.5 Å². The summed E-state index contributed by atoms with van der Waals surface area (Å²) in [7, 11) is 1.53. The summed E-state index contributed by atoms with van der Waals surface area (Å²) in [6.45, 7) is 1.76. The molecule has 0 bridgehead atoms. The van der Waals surface area contributed by atoms with E-state index in [-0.39, 0.29) is 11.4 Å². The summed E-state index contributed by atoms with van der Waals surface area (Å²) in [6, 6.07) is 12.4. The smallest absolute Gasteiger partial charge is 0.305 e. The summed E-state index contributed by atoms with van der Waals surface area (Å²) in [5.74, 6) is 0.286. The Bertz CT molecular complexity index is 1300. The predicted molar refractivity (Wildman–Crippen MR) is 128 cm³/mol. The lowest BCUT2D eigenvalue weighted by molar-refractivity contribution is -0.384. The molecule has 2 aromatic carbocycles. The topological polar surface area (TPSA) is 148 Å². The van der Waals surface area contributed by atoms with Crippen LogP contribution in [0.5, 0.6) is 5.75 Å². The molecule has 1 heterocycles. The normalized spacial score (nSPS) is 13.6. The highest BCUT2D eigenvalue weighted by atomic mass is 16.6. The minimum Gasteiger partial charge on any atom is -0.497 e. The van der Waals surface area contributed by atoms with Crippen molar-refractivity contribution in [3.05, 3.63) is 86.9 Å². The molecule has 0 atom stereocenters. The number of aryl methyl sites for hydroxylation is 1. The molecule has 2 amide bonds. The van der Waals surface area contributed by atoms with E-state index >= 15 is 0 Å². The minimum atomic E-state index is -0.582. The number of benzene rings is 2. The van der Waals surface area contributed by atoms with E-state index in [1.165, 1.54) is 19.2 Å². The number of rotatable bonds is 6. The van der Waals surface area contributed by atoms with Gasteiger partial charge in [0.2, 0.25) is 0 Å². The maximum absolute atomic E-state index is 12.7. The van der Waals surface area contributed by atoms with Gasteiger partial charge in [-0.15, -0.1) is 0 Å². The standard InChI is InChI=1S/C24H23N5O6/c1-14-21-19(26-25-16-8-10-17(11-9-16)29(32)33)4-3-5-20(21)35-22(14)24(31)28-27-23(30)15-6-12-18(34-2)13-7-15/h6-13,25H,3-5H2,1-2H3,(H,27,30)(H,28,31)/b26-19+. The third-order valence-electron chi connectivity index (χ3n) is 5.57. The SMILES string of the molecule is COc1ccc(C(=O)NNC(=O)c2oc3c(c2C)/C(=N/Nc2ccc([N+](=O)[O-])cc2)CCC3)cc1. The number of nitrogens with zero attached hydrogens (tertiary/aromatic N) is 2. The summed E-state index contributed by atoms with van der Waals surface area (Å²) in [4.78, 5) is 35.4. The number of non-ortho nitro benzene ring substituents is 1. The monoisotopic (exact) mass is 477 g/mol. The van der Waals surface area contributed by atoms with Crippen LogP contribution in [0.25, 0.3) is 0 Å². The number of anilines is 1. The third-order valence-corrected chi connectivity index (χ3v) is 5.57. The van der Waals surface area contributed by atoms with Gasteiger partial charge in [-0.3, -0.25) is 36.0 Å². The Kier molecular flexibility index (Phi) is 6.76. The van der Waals surface area contributed by atoms with Crippen LogP contribution in [0.4, 0.5) is 11.4 Å². The zero-order valence-electron chi connectivity index (χ0n) is 19.1. The molecule has 4 rings (SSSR count). The first-order valence-corrected chi connectivity index (χ1v) is 10.8. The van der Waals surface area contributed by atoms with Gasteiger partial charge in [0.15, 0.2) is 5.76 Å². The Morgan fingerprint density at radius 1 is 1.03 bits per heavy atom. The largest absolute Gasteiger partial charge is 0.497 e. The second-order valence-corrected chi connectivity index (χ2v) is 7.82. The molecule has 0 saturated carbocycles. The number of furan rings is 1. The second-order valence-electron chi connectivity index (χ2n) is 7.82. The lowest BCUT2D eigenvalue weighted by Gasteiger charge is -2.13. The molecule has 180 valence electrons. The number of carbonyl (C=O) groups excluding carboxylic acids is 2. The molecule has 0 spiro atoms. The number of fused-ring (bicyclic) bond motifs is 1. The Hall–Kier alpha value is -4.67. The maximum Gasteiger partial charge on any atom is 0.305 e. The molecule has 1 aliphatic rings. The fourth-order valence-electron chi connectivity index (χ4n) is 3.77. The number of carbonyl (C=O) groups is 2. The highest BCUT2D eigenvalue weighted by molar-refractivity contribution is 6.07. The summed E-state index contributed by atoms with van der Waals surface area (Å²) in [5, 5.41) is 15.3. The van der Waals surface area contributed by atoms with Crippen LogP contribution < -0.4 is 21.0 Å². The molecular formula is C24H23N5O6. The maximum atomic E-state index is 12.7. The number of nitro groups is 1. The predicted octanol–water partition coefficient (Wildman–Crippen LogP) is 3.73. The van der Waals surface area contributed by atoms with E-state index in [1.807, 2.05) is 0 Å². The van der Waals surface area contributed by atoms with Gasteiger partial charge in [0.05, 0.1) is 23.4 Å². The Labute approximate surface area is 200 Å². The van der Waals surface area contributed by atoms with Crippen LogP contribution in [-0.2, 0) is 6.42 Å². The lowest BCUT2D eigenvalue weighted by Crippen LogP contribution is -2.41. The van der Waals surface area contributed by atoms with Crippen LogP contribution in [0.3, 0.4) is 0 Å². The molecule has 0 aliphatic heterocycles. The van der Waals surface area contributed by atoms with Crippen LogP contribution in [-0.4, -0.2) is 29.6 Å². The number of amides is 2. The molecule has 3 N–H and O–H groups in total. The molecule has 0 saturated heterocycles. The number of nitro benzene ring substituents is 1. The van der Waals surface area contributed by atoms with Crippen molar-refractivity contribution in [2.45, 2.75) is 26.2 Å². The highest BCUT2D eigenvalue weighted by Crippen LogP contribution is 2.30. The van der Waals surface area contributed by atoms with Gasteiger partial charge in [-0.25, -0.2) is 0 Å². The molecule has 0 unspecified atom stereocenters. The second kappa shape index (κ2) is 10.1. The zero-order valence-corrected chi connectivity index (χ0v) is 19.1. The summed E-state index contributed by atoms with van der Waals surface area (Å²) >= 11 is 0. The van der Waals surface area contributed by atoms with Crippen LogP contribution in [0.2, 0.25) is 0 Å². The van der Waals surface area contributed by atoms with Gasteiger partial charge >= 0.3 is 5.91 Å². The summed E-state index contributed by atoms with van der Waals surface area (Å²) in [6.07, 6.45) is 2.11. The molecule has 3 aromatic rings. The van der Waals surface area contributed by atoms with Crippen LogP contribution in [0, 0.1) is 17.0 Å². The molecule has 11 heteroatoms. The van der Waals surface area contributed by atoms with E-state index < -0.39 is 16.7 Å². The molecule has 0 fully saturated rings. The van der Waals surface area contributed by atoms with Crippen molar-refractivity contribution >= 4 is 28.9 Å². The Balaban J connectivity index is 1.46. The molecule has 35 heavy (non-hydrogen) atoms. The van der Waals surface area contributed by atoms with E-state index in [0.29, 0.717) is 46.9 Å². The average Bonchev–Trinajstić information content (AvgIpc) is 3.23. The van der Waals surface area contributed by atoms with Crippen molar-refractivity contribution in [3.8, 4) is 5.75 Å². The highest BCUT2D eigenvalue weighted by Gasteiger charge is 2.28. The molecule has 11 nitrogen and oxygen atoms in total. The van der Waals surface area contributed by atoms with Crippen molar-refractivity contribution in [2.75, 3.05) is 12.5 Å². The van der Waals surface area contributed by atoms with Crippen LogP contribution >= 0.6 is 0 Å². The van der Waals surface area contributed by atoms with E-state index in [9.17, 15) is 19.7 Å². The Morgan fingerprint density at radius 3 is 2.37 bits per heavy atom. The minimum absolute atomic E-state index is 0.0106. The number of nitrogens with one attached hydrogen (secondary N) is 3. The van der Waals surface area contributed by atoms with E-state index in [1.54, 1.807) is 43.3 Å². The summed E-state index contributed by atoms with van der Waals surface area (Å²) < 4.78 is 10.9. The number of ether oxygens (including phenoxy) is 1. The fraction of sp³-hybridized carbons (Fsp3) is 0.208. The third kappa shape index (κ3) is 5.13. The van der Waals surface area contributed by atoms with Gasteiger partial charge in [0, 0.05) is 35.2 Å². The van der Waals surface area contributed by atoms with E-state index in [2.05, 4.69) is 21.4 Å². The summed E-state index contributed by atoms with van der Waals surface area (Å²) in [5.41, 5.74) is 10.7. The van der Waals surface area contributed by atoms with Crippen LogP contribution in [0.15, 0.2) is 58.0 Å². The number of hydrazone groups is 1. The average molecular weight is 477 g/mol. The van der Waals surface area contributed by atoms with Gasteiger partial charge < -0.3 is 9.15 Å². The first kappa shape index (κ1) is 23.5.